The van der Waals surface area contributed by atoms with E-state index in [0.29, 0.717) is 28.2 Å². The molecule has 0 aliphatic rings. The van der Waals surface area contributed by atoms with Crippen LogP contribution >= 0.6 is 35.4 Å². The molecule has 0 aliphatic carbocycles. The third-order valence-electron chi connectivity index (χ3n) is 1.87. The Hall–Kier alpha value is -0.550. The number of nitrogens with one attached hydrogen (secondary N) is 2. The van der Waals surface area contributed by atoms with Crippen molar-refractivity contribution < 1.29 is 5.11 Å². The largest absolute Gasteiger partial charge is 0.395 e. The molecule has 16 heavy (non-hydrogen) atoms. The van der Waals surface area contributed by atoms with Crippen LogP contribution in [0.4, 0.5) is 0 Å². The lowest BCUT2D eigenvalue weighted by molar-refractivity contribution is 0.300. The van der Waals surface area contributed by atoms with Crippen LogP contribution in [0.25, 0.3) is 0 Å². The summed E-state index contributed by atoms with van der Waals surface area (Å²) in [6.07, 6.45) is 0. The monoisotopic (exact) mass is 278 g/mol. The van der Waals surface area contributed by atoms with Gasteiger partial charge in [-0.05, 0) is 23.8 Å². The van der Waals surface area contributed by atoms with E-state index in [1.165, 1.54) is 0 Å². The Morgan fingerprint density at radius 1 is 1.31 bits per heavy atom. The second-order valence-electron chi connectivity index (χ2n) is 3.05. The summed E-state index contributed by atoms with van der Waals surface area (Å²) in [6, 6.07) is 5.43. The fourth-order valence-corrected chi connectivity index (χ4v) is 1.65. The van der Waals surface area contributed by atoms with Crippen molar-refractivity contribution in [3.8, 4) is 0 Å². The minimum absolute atomic E-state index is 0.0414. The molecule has 1 aromatic rings. The lowest BCUT2D eigenvalue weighted by atomic mass is 10.2. The minimum atomic E-state index is 0.0414. The summed E-state index contributed by atoms with van der Waals surface area (Å²) in [4.78, 5) is 0. The molecule has 0 aliphatic heterocycles. The molecule has 0 bridgehead atoms. The highest BCUT2D eigenvalue weighted by Gasteiger charge is 2.04. The number of benzene rings is 1. The van der Waals surface area contributed by atoms with Crippen LogP contribution < -0.4 is 10.6 Å². The normalized spacial score (nSPS) is 9.94. The summed E-state index contributed by atoms with van der Waals surface area (Å²) < 4.78 is 0. The molecule has 3 nitrogen and oxygen atoms in total. The van der Waals surface area contributed by atoms with Crippen LogP contribution in [0.2, 0.25) is 10.0 Å². The Labute approximate surface area is 110 Å². The number of aliphatic hydroxyl groups excluding tert-OH is 1. The van der Waals surface area contributed by atoms with Crippen molar-refractivity contribution in [3.05, 3.63) is 33.8 Å². The van der Waals surface area contributed by atoms with E-state index in [1.807, 2.05) is 12.1 Å². The molecule has 0 atom stereocenters. The summed E-state index contributed by atoms with van der Waals surface area (Å²) in [7, 11) is 0. The van der Waals surface area contributed by atoms with Gasteiger partial charge in [-0.25, -0.2) is 0 Å². The third kappa shape index (κ3) is 4.14. The van der Waals surface area contributed by atoms with Crippen LogP contribution in [-0.2, 0) is 6.54 Å². The Kier molecular flexibility index (Phi) is 5.84. The second-order valence-corrected chi connectivity index (χ2v) is 4.24. The zero-order chi connectivity index (χ0) is 12.0. The zero-order valence-corrected chi connectivity index (χ0v) is 10.8. The average Bonchev–Trinajstić information content (AvgIpc) is 2.28. The van der Waals surface area contributed by atoms with Gasteiger partial charge in [-0.15, -0.1) is 0 Å². The average molecular weight is 279 g/mol. The van der Waals surface area contributed by atoms with Gasteiger partial charge >= 0.3 is 0 Å². The van der Waals surface area contributed by atoms with E-state index in [0.717, 1.165) is 5.56 Å². The number of rotatable bonds is 4. The molecule has 0 radical (unpaired) electrons. The summed E-state index contributed by atoms with van der Waals surface area (Å²) in [5.41, 5.74) is 0.877. The Morgan fingerprint density at radius 2 is 2.06 bits per heavy atom. The highest BCUT2D eigenvalue weighted by atomic mass is 35.5. The number of thiocarbonyl (C=S) groups is 1. The van der Waals surface area contributed by atoms with Crippen LogP contribution in [0.15, 0.2) is 18.2 Å². The predicted molar refractivity (Wildman–Crippen MR) is 71.0 cm³/mol. The Morgan fingerprint density at radius 3 is 2.75 bits per heavy atom. The van der Waals surface area contributed by atoms with Gasteiger partial charge in [0.1, 0.15) is 0 Å². The lowest BCUT2D eigenvalue weighted by Gasteiger charge is -2.10. The first-order chi connectivity index (χ1) is 7.65. The van der Waals surface area contributed by atoms with Crippen molar-refractivity contribution in [2.45, 2.75) is 6.54 Å². The third-order valence-corrected chi connectivity index (χ3v) is 3.02. The maximum absolute atomic E-state index is 8.59. The highest BCUT2D eigenvalue weighted by molar-refractivity contribution is 7.80. The number of hydrogen-bond acceptors (Lipinski definition) is 2. The molecule has 0 amide bonds. The van der Waals surface area contributed by atoms with Gasteiger partial charge in [0.25, 0.3) is 0 Å². The number of halogens is 2. The van der Waals surface area contributed by atoms with E-state index in [1.54, 1.807) is 6.07 Å². The van der Waals surface area contributed by atoms with E-state index >= 15 is 0 Å². The quantitative estimate of drug-likeness (QED) is 0.737. The SMILES string of the molecule is OCCNC(=S)NCc1cccc(Cl)c1Cl. The second kappa shape index (κ2) is 6.91. The van der Waals surface area contributed by atoms with Gasteiger partial charge in [-0.2, -0.15) is 0 Å². The van der Waals surface area contributed by atoms with Crippen LogP contribution in [0.3, 0.4) is 0 Å². The van der Waals surface area contributed by atoms with Gasteiger partial charge < -0.3 is 15.7 Å². The van der Waals surface area contributed by atoms with Gasteiger partial charge in [-0.3, -0.25) is 0 Å². The first-order valence-electron chi connectivity index (χ1n) is 4.70. The molecule has 1 aromatic carbocycles. The lowest BCUT2D eigenvalue weighted by Crippen LogP contribution is -2.36. The van der Waals surface area contributed by atoms with E-state index < -0.39 is 0 Å². The standard InChI is InChI=1S/C10H12Cl2N2OS/c11-8-3-1-2-7(9(8)12)6-14-10(16)13-4-5-15/h1-3,15H,4-6H2,(H2,13,14,16). The molecule has 0 saturated heterocycles. The molecule has 0 saturated carbocycles. The van der Waals surface area contributed by atoms with Gasteiger partial charge in [0.2, 0.25) is 0 Å². The Bertz CT molecular complexity index is 374. The fraction of sp³-hybridized carbons (Fsp3) is 0.300. The minimum Gasteiger partial charge on any atom is -0.395 e. The summed E-state index contributed by atoms with van der Waals surface area (Å²) in [6.45, 7) is 0.964. The molecule has 0 aromatic heterocycles. The van der Waals surface area contributed by atoms with Crippen LogP contribution in [0, 0.1) is 0 Å². The Balaban J connectivity index is 2.48. The van der Waals surface area contributed by atoms with Crippen LogP contribution in [0.1, 0.15) is 5.56 Å². The molecule has 6 heteroatoms. The molecule has 0 fully saturated rings. The smallest absolute Gasteiger partial charge is 0.166 e. The molecule has 1 rings (SSSR count). The summed E-state index contributed by atoms with van der Waals surface area (Å²) in [5.74, 6) is 0. The molecule has 0 unspecified atom stereocenters. The van der Waals surface area contributed by atoms with Crippen LogP contribution in [-0.4, -0.2) is 23.4 Å². The van der Waals surface area contributed by atoms with Crippen molar-refractivity contribution >= 4 is 40.5 Å². The van der Waals surface area contributed by atoms with E-state index in [4.69, 9.17) is 40.5 Å². The van der Waals surface area contributed by atoms with Crippen LogP contribution in [0.5, 0.6) is 0 Å². The van der Waals surface area contributed by atoms with Crippen molar-refractivity contribution in [1.29, 1.82) is 0 Å². The van der Waals surface area contributed by atoms with E-state index in [2.05, 4.69) is 10.6 Å². The highest BCUT2D eigenvalue weighted by Crippen LogP contribution is 2.25. The number of hydrogen-bond donors (Lipinski definition) is 3. The topological polar surface area (TPSA) is 44.3 Å². The first kappa shape index (κ1) is 13.5. The summed E-state index contributed by atoms with van der Waals surface area (Å²) in [5, 5.41) is 15.9. The zero-order valence-electron chi connectivity index (χ0n) is 8.46. The molecule has 0 heterocycles. The molecule has 88 valence electrons. The maximum Gasteiger partial charge on any atom is 0.166 e. The first-order valence-corrected chi connectivity index (χ1v) is 5.87. The van der Waals surface area contributed by atoms with E-state index in [9.17, 15) is 0 Å². The van der Waals surface area contributed by atoms with Gasteiger partial charge in [-0.1, -0.05) is 35.3 Å². The fourth-order valence-electron chi connectivity index (χ4n) is 1.09. The molecular weight excluding hydrogens is 267 g/mol. The van der Waals surface area contributed by atoms with Gasteiger partial charge in [0, 0.05) is 13.1 Å². The molecular formula is C10H12Cl2N2OS. The van der Waals surface area contributed by atoms with Gasteiger partial charge in [0.05, 0.1) is 16.7 Å². The van der Waals surface area contributed by atoms with Crippen molar-refractivity contribution in [2.75, 3.05) is 13.2 Å². The van der Waals surface area contributed by atoms with Crippen molar-refractivity contribution in [3.63, 3.8) is 0 Å². The van der Waals surface area contributed by atoms with Crippen molar-refractivity contribution in [2.24, 2.45) is 0 Å². The summed E-state index contributed by atoms with van der Waals surface area (Å²) >= 11 is 16.9. The van der Waals surface area contributed by atoms with Gasteiger partial charge in [0.15, 0.2) is 5.11 Å². The predicted octanol–water partition coefficient (Wildman–Crippen LogP) is 1.95. The molecule has 3 N–H and O–H groups in total. The maximum atomic E-state index is 8.59. The molecule has 0 spiro atoms. The number of aliphatic hydroxyl groups is 1. The van der Waals surface area contributed by atoms with Crippen molar-refractivity contribution in [1.82, 2.24) is 10.6 Å². The van der Waals surface area contributed by atoms with E-state index in [-0.39, 0.29) is 6.61 Å².